The number of hydrogen-bond donors (Lipinski definition) is 3. The van der Waals surface area contributed by atoms with Crippen LogP contribution >= 0.6 is 11.8 Å². The zero-order chi connectivity index (χ0) is 29.2. The zero-order valence-corrected chi connectivity index (χ0v) is 22.8. The molecule has 0 aromatic heterocycles. The van der Waals surface area contributed by atoms with Crippen molar-refractivity contribution in [1.82, 2.24) is 5.32 Å². The number of carbonyl (C=O) groups excluding carboxylic acids is 3. The number of anilines is 2. The van der Waals surface area contributed by atoms with E-state index < -0.39 is 16.7 Å². The van der Waals surface area contributed by atoms with Gasteiger partial charge in [0.1, 0.15) is 5.70 Å². The first kappa shape index (κ1) is 28.8. The molecule has 0 atom stereocenters. The van der Waals surface area contributed by atoms with E-state index in [0.717, 1.165) is 10.5 Å². The molecule has 0 saturated carbocycles. The summed E-state index contributed by atoms with van der Waals surface area (Å²) in [6.07, 6.45) is 1.60. The molecule has 10 heteroatoms. The van der Waals surface area contributed by atoms with Crippen molar-refractivity contribution in [2.75, 3.05) is 16.4 Å². The summed E-state index contributed by atoms with van der Waals surface area (Å²) >= 11 is 1.30. The summed E-state index contributed by atoms with van der Waals surface area (Å²) in [5, 5.41) is 19.2. The molecule has 0 aliphatic rings. The van der Waals surface area contributed by atoms with Crippen LogP contribution in [0.5, 0.6) is 0 Å². The van der Waals surface area contributed by atoms with Gasteiger partial charge in [-0.1, -0.05) is 48.5 Å². The minimum Gasteiger partial charge on any atom is -0.325 e. The first-order valence-electron chi connectivity index (χ1n) is 12.5. The van der Waals surface area contributed by atoms with Crippen LogP contribution < -0.4 is 16.0 Å². The number of thioether (sulfide) groups is 1. The Balaban J connectivity index is 1.37. The molecule has 0 fully saturated rings. The van der Waals surface area contributed by atoms with Gasteiger partial charge in [-0.3, -0.25) is 24.5 Å². The SMILES string of the molecule is Cc1cc([N+](=O)[O-])ccc1NC(=O)CSc1ccc(NC(=O)/C(=C/c2ccccc2)NC(=O)c2ccccc2)cc1. The van der Waals surface area contributed by atoms with Crippen LogP contribution in [0.1, 0.15) is 21.5 Å². The van der Waals surface area contributed by atoms with Crippen LogP contribution in [0.25, 0.3) is 6.08 Å². The lowest BCUT2D eigenvalue weighted by Crippen LogP contribution is -2.30. The molecule has 0 aliphatic carbocycles. The molecule has 206 valence electrons. The third kappa shape index (κ3) is 8.38. The number of aryl methyl sites for hydroxylation is 1. The summed E-state index contributed by atoms with van der Waals surface area (Å²) in [5.74, 6) is -1.03. The van der Waals surface area contributed by atoms with Gasteiger partial charge in [-0.25, -0.2) is 0 Å². The van der Waals surface area contributed by atoms with E-state index in [9.17, 15) is 24.5 Å². The van der Waals surface area contributed by atoms with Gasteiger partial charge in [-0.2, -0.15) is 0 Å². The van der Waals surface area contributed by atoms with Crippen LogP contribution in [-0.2, 0) is 9.59 Å². The lowest BCUT2D eigenvalue weighted by Gasteiger charge is -2.12. The Bertz CT molecular complexity index is 1590. The first-order valence-corrected chi connectivity index (χ1v) is 13.5. The van der Waals surface area contributed by atoms with Gasteiger partial charge in [-0.15, -0.1) is 11.8 Å². The summed E-state index contributed by atoms with van der Waals surface area (Å²) < 4.78 is 0. The highest BCUT2D eigenvalue weighted by Crippen LogP contribution is 2.24. The average molecular weight is 567 g/mol. The average Bonchev–Trinajstić information content (AvgIpc) is 2.98. The molecule has 9 nitrogen and oxygen atoms in total. The molecular weight excluding hydrogens is 540 g/mol. The van der Waals surface area contributed by atoms with Crippen molar-refractivity contribution in [3.8, 4) is 0 Å². The van der Waals surface area contributed by atoms with E-state index in [1.807, 2.05) is 30.3 Å². The van der Waals surface area contributed by atoms with Crippen molar-refractivity contribution < 1.29 is 19.3 Å². The van der Waals surface area contributed by atoms with Crippen LogP contribution in [0.15, 0.2) is 114 Å². The Hall–Kier alpha value is -5.22. The molecule has 4 aromatic rings. The number of hydrogen-bond acceptors (Lipinski definition) is 6. The van der Waals surface area contributed by atoms with Crippen molar-refractivity contribution >= 4 is 52.6 Å². The molecule has 0 bridgehead atoms. The normalized spacial score (nSPS) is 10.9. The van der Waals surface area contributed by atoms with Gasteiger partial charge >= 0.3 is 0 Å². The smallest absolute Gasteiger partial charge is 0.272 e. The molecular formula is C31H26N4O5S. The van der Waals surface area contributed by atoms with Gasteiger partial charge in [0.25, 0.3) is 17.5 Å². The number of nitrogens with one attached hydrogen (secondary N) is 3. The van der Waals surface area contributed by atoms with E-state index in [1.165, 1.54) is 30.0 Å². The Morgan fingerprint density at radius 3 is 2.15 bits per heavy atom. The summed E-state index contributed by atoms with van der Waals surface area (Å²) in [6, 6.07) is 29.0. The number of rotatable bonds is 10. The van der Waals surface area contributed by atoms with Gasteiger partial charge in [0, 0.05) is 34.0 Å². The van der Waals surface area contributed by atoms with Crippen LogP contribution in [0.2, 0.25) is 0 Å². The van der Waals surface area contributed by atoms with E-state index in [4.69, 9.17) is 0 Å². The second kappa shape index (κ2) is 13.7. The summed E-state index contributed by atoms with van der Waals surface area (Å²) in [6.45, 7) is 1.69. The number of nitrogens with zero attached hydrogens (tertiary/aromatic N) is 1. The van der Waals surface area contributed by atoms with Crippen LogP contribution in [-0.4, -0.2) is 28.4 Å². The molecule has 3 amide bonds. The fourth-order valence-corrected chi connectivity index (χ4v) is 4.43. The number of amides is 3. The van der Waals surface area contributed by atoms with Crippen molar-refractivity contribution in [2.24, 2.45) is 0 Å². The van der Waals surface area contributed by atoms with E-state index in [-0.39, 0.29) is 23.0 Å². The molecule has 4 rings (SSSR count). The fraction of sp³-hybridized carbons (Fsp3) is 0.0645. The quantitative estimate of drug-likeness (QED) is 0.0928. The summed E-state index contributed by atoms with van der Waals surface area (Å²) in [7, 11) is 0. The Morgan fingerprint density at radius 2 is 1.51 bits per heavy atom. The van der Waals surface area contributed by atoms with E-state index >= 15 is 0 Å². The predicted molar refractivity (Wildman–Crippen MR) is 161 cm³/mol. The molecule has 3 N–H and O–H groups in total. The highest BCUT2D eigenvalue weighted by molar-refractivity contribution is 8.00. The van der Waals surface area contributed by atoms with Gasteiger partial charge < -0.3 is 16.0 Å². The summed E-state index contributed by atoms with van der Waals surface area (Å²) in [4.78, 5) is 49.6. The second-order valence-electron chi connectivity index (χ2n) is 8.86. The lowest BCUT2D eigenvalue weighted by molar-refractivity contribution is -0.384. The van der Waals surface area contributed by atoms with Crippen LogP contribution in [0, 0.1) is 17.0 Å². The maximum Gasteiger partial charge on any atom is 0.272 e. The lowest BCUT2D eigenvalue weighted by atomic mass is 10.1. The topological polar surface area (TPSA) is 130 Å². The third-order valence-corrected chi connectivity index (χ3v) is 6.83. The van der Waals surface area contributed by atoms with E-state index in [2.05, 4.69) is 16.0 Å². The van der Waals surface area contributed by atoms with Crippen molar-refractivity contribution in [1.29, 1.82) is 0 Å². The molecule has 0 aliphatic heterocycles. The van der Waals surface area contributed by atoms with Crippen molar-refractivity contribution in [3.05, 3.63) is 136 Å². The monoisotopic (exact) mass is 566 g/mol. The highest BCUT2D eigenvalue weighted by atomic mass is 32.2. The largest absolute Gasteiger partial charge is 0.325 e. The molecule has 0 heterocycles. The highest BCUT2D eigenvalue weighted by Gasteiger charge is 2.15. The first-order chi connectivity index (χ1) is 19.8. The van der Waals surface area contributed by atoms with Gasteiger partial charge in [0.05, 0.1) is 10.7 Å². The Morgan fingerprint density at radius 1 is 0.854 bits per heavy atom. The van der Waals surface area contributed by atoms with E-state index in [1.54, 1.807) is 67.6 Å². The number of non-ortho nitro benzene ring substituents is 1. The number of benzene rings is 4. The molecule has 0 spiro atoms. The van der Waals surface area contributed by atoms with Crippen molar-refractivity contribution in [3.63, 3.8) is 0 Å². The van der Waals surface area contributed by atoms with Gasteiger partial charge in [0.15, 0.2) is 0 Å². The number of carbonyl (C=O) groups is 3. The molecule has 4 aromatic carbocycles. The summed E-state index contributed by atoms with van der Waals surface area (Å²) in [5.41, 5.74) is 2.84. The molecule has 0 unspecified atom stereocenters. The standard InChI is InChI=1S/C31H26N4O5S/c1-21-18-25(35(39)40)14-17-27(21)33-29(36)20-41-26-15-12-24(13-16-26)32-31(38)28(19-22-8-4-2-5-9-22)34-30(37)23-10-6-3-7-11-23/h2-19H,20H2,1H3,(H,32,38)(H,33,36)(H,34,37)/b28-19-. The maximum atomic E-state index is 13.2. The number of nitro groups is 1. The van der Waals surface area contributed by atoms with Gasteiger partial charge in [0.2, 0.25) is 5.91 Å². The minimum atomic E-state index is -0.489. The van der Waals surface area contributed by atoms with Crippen molar-refractivity contribution in [2.45, 2.75) is 11.8 Å². The number of nitro benzene ring substituents is 1. The van der Waals surface area contributed by atoms with Gasteiger partial charge in [-0.05, 0) is 66.6 Å². The molecule has 0 saturated heterocycles. The third-order valence-electron chi connectivity index (χ3n) is 5.82. The fourth-order valence-electron chi connectivity index (χ4n) is 3.73. The molecule has 0 radical (unpaired) electrons. The predicted octanol–water partition coefficient (Wildman–Crippen LogP) is 6.04. The second-order valence-corrected chi connectivity index (χ2v) is 9.91. The minimum absolute atomic E-state index is 0.0386. The molecule has 41 heavy (non-hydrogen) atoms. The van der Waals surface area contributed by atoms with Crippen LogP contribution in [0.3, 0.4) is 0 Å². The zero-order valence-electron chi connectivity index (χ0n) is 22.0. The Labute approximate surface area is 240 Å². The van der Waals surface area contributed by atoms with E-state index in [0.29, 0.717) is 22.5 Å². The maximum absolute atomic E-state index is 13.2. The van der Waals surface area contributed by atoms with Crippen LogP contribution in [0.4, 0.5) is 17.1 Å². The Kier molecular flexibility index (Phi) is 9.63.